The number of aromatic amines is 1. The minimum atomic E-state index is 0.0311. The molecule has 126 valence electrons. The molecule has 0 unspecified atom stereocenters. The van der Waals surface area contributed by atoms with Gasteiger partial charge < -0.3 is 11.1 Å². The van der Waals surface area contributed by atoms with Crippen molar-refractivity contribution in [1.82, 2.24) is 15.2 Å². The van der Waals surface area contributed by atoms with Crippen molar-refractivity contribution < 1.29 is 4.79 Å². The van der Waals surface area contributed by atoms with Crippen LogP contribution >= 0.6 is 0 Å². The summed E-state index contributed by atoms with van der Waals surface area (Å²) in [4.78, 5) is 17.1. The van der Waals surface area contributed by atoms with E-state index in [0.717, 1.165) is 36.3 Å². The number of hydrogen-bond donors (Lipinski definition) is 3. The molecule has 2 fully saturated rings. The molecule has 0 saturated heterocycles. The molecule has 2 aromatic rings. The minimum Gasteiger partial charge on any atom is -0.330 e. The molecule has 6 nitrogen and oxygen atoms in total. The Balaban J connectivity index is 1.48. The van der Waals surface area contributed by atoms with Gasteiger partial charge in [-0.2, -0.15) is 5.10 Å². The van der Waals surface area contributed by atoms with Crippen LogP contribution < -0.4 is 11.1 Å². The van der Waals surface area contributed by atoms with Crippen LogP contribution in [0.4, 0.5) is 5.69 Å². The van der Waals surface area contributed by atoms with Crippen LogP contribution in [0.5, 0.6) is 0 Å². The van der Waals surface area contributed by atoms with E-state index >= 15 is 0 Å². The Morgan fingerprint density at radius 2 is 2.17 bits per heavy atom. The summed E-state index contributed by atoms with van der Waals surface area (Å²) < 4.78 is 0. The Labute approximate surface area is 141 Å². The summed E-state index contributed by atoms with van der Waals surface area (Å²) in [6.07, 6.45) is 5.44. The van der Waals surface area contributed by atoms with E-state index in [0.29, 0.717) is 24.2 Å². The molecule has 1 amide bonds. The smallest absolute Gasteiger partial charge is 0.227 e. The van der Waals surface area contributed by atoms with Crippen LogP contribution in [0.15, 0.2) is 24.3 Å². The monoisotopic (exact) mass is 325 g/mol. The zero-order valence-corrected chi connectivity index (χ0v) is 13.7. The molecule has 4 rings (SSSR count). The molecule has 2 aliphatic rings. The molecule has 6 heteroatoms. The molecule has 0 bridgehead atoms. The minimum absolute atomic E-state index is 0.0311. The van der Waals surface area contributed by atoms with Crippen LogP contribution in [0.25, 0.3) is 11.4 Å². The maximum Gasteiger partial charge on any atom is 0.227 e. The van der Waals surface area contributed by atoms with E-state index in [9.17, 15) is 4.79 Å². The first-order chi connectivity index (χ1) is 11.7. The molecule has 24 heavy (non-hydrogen) atoms. The fourth-order valence-corrected chi connectivity index (χ4v) is 3.58. The highest BCUT2D eigenvalue weighted by atomic mass is 16.1. The third-order valence-electron chi connectivity index (χ3n) is 5.15. The third kappa shape index (κ3) is 3.06. The summed E-state index contributed by atoms with van der Waals surface area (Å²) in [5.74, 6) is 2.62. The quantitative estimate of drug-likeness (QED) is 0.787. The van der Waals surface area contributed by atoms with E-state index < -0.39 is 0 Å². The third-order valence-corrected chi connectivity index (χ3v) is 5.15. The Bertz CT molecular complexity index is 737. The predicted octanol–water partition coefficient (Wildman–Crippen LogP) is 2.66. The maximum absolute atomic E-state index is 12.5. The van der Waals surface area contributed by atoms with Crippen LogP contribution in [0.2, 0.25) is 0 Å². The van der Waals surface area contributed by atoms with Gasteiger partial charge in [0.15, 0.2) is 5.82 Å². The van der Waals surface area contributed by atoms with Crippen LogP contribution in [0.3, 0.4) is 0 Å². The fourth-order valence-electron chi connectivity index (χ4n) is 3.58. The number of carbonyl (C=O) groups is 1. The number of rotatable bonds is 5. The molecule has 1 heterocycles. The van der Waals surface area contributed by atoms with Gasteiger partial charge in [-0.25, -0.2) is 4.98 Å². The normalized spacial score (nSPS) is 23.4. The number of carbonyl (C=O) groups excluding carboxylic acids is 1. The van der Waals surface area contributed by atoms with Crippen LogP contribution in [0, 0.1) is 11.8 Å². The summed E-state index contributed by atoms with van der Waals surface area (Å²) in [6.45, 7) is 0.583. The van der Waals surface area contributed by atoms with E-state index in [-0.39, 0.29) is 11.8 Å². The predicted molar refractivity (Wildman–Crippen MR) is 92.3 cm³/mol. The first-order valence-electron chi connectivity index (χ1n) is 8.78. The number of amides is 1. The van der Waals surface area contributed by atoms with Gasteiger partial charge in [0.05, 0.1) is 0 Å². The molecule has 2 saturated carbocycles. The average molecular weight is 325 g/mol. The first-order valence-corrected chi connectivity index (χ1v) is 8.78. The number of anilines is 1. The highest BCUT2D eigenvalue weighted by Gasteiger charge is 2.32. The fraction of sp³-hybridized carbons (Fsp3) is 0.500. The number of aromatic nitrogens is 3. The van der Waals surface area contributed by atoms with Crippen LogP contribution in [0.1, 0.15) is 43.8 Å². The summed E-state index contributed by atoms with van der Waals surface area (Å²) in [7, 11) is 0. The zero-order chi connectivity index (χ0) is 16.5. The van der Waals surface area contributed by atoms with Crippen molar-refractivity contribution in [2.75, 3.05) is 11.9 Å². The lowest BCUT2D eigenvalue weighted by molar-refractivity contribution is -0.120. The molecule has 1 aromatic heterocycles. The number of nitrogens with one attached hydrogen (secondary N) is 2. The van der Waals surface area contributed by atoms with Gasteiger partial charge in [0, 0.05) is 23.1 Å². The largest absolute Gasteiger partial charge is 0.330 e. The van der Waals surface area contributed by atoms with Crippen molar-refractivity contribution in [3.05, 3.63) is 30.1 Å². The van der Waals surface area contributed by atoms with E-state index in [4.69, 9.17) is 5.73 Å². The molecule has 0 aliphatic heterocycles. The summed E-state index contributed by atoms with van der Waals surface area (Å²) in [5, 5.41) is 10.4. The Kier molecular flexibility index (Phi) is 4.06. The molecule has 4 N–H and O–H groups in total. The highest BCUT2D eigenvalue weighted by Crippen LogP contribution is 2.38. The Morgan fingerprint density at radius 3 is 2.96 bits per heavy atom. The molecule has 0 spiro atoms. The van der Waals surface area contributed by atoms with E-state index in [1.807, 2.05) is 24.3 Å². The van der Waals surface area contributed by atoms with Crippen molar-refractivity contribution >= 4 is 11.6 Å². The molecule has 2 atom stereocenters. The lowest BCUT2D eigenvalue weighted by Crippen LogP contribution is -2.29. The van der Waals surface area contributed by atoms with Crippen molar-refractivity contribution in [3.63, 3.8) is 0 Å². The van der Waals surface area contributed by atoms with Gasteiger partial charge in [0.1, 0.15) is 5.82 Å². The lowest BCUT2D eigenvalue weighted by Gasteiger charge is -2.17. The SMILES string of the molecule is NC[C@H]1CCC[C@H]1C(=O)Nc1cccc(-c2n[nH]c(C3CC3)n2)c1. The number of H-pyrrole nitrogens is 1. The number of nitrogens with two attached hydrogens (primary N) is 1. The number of hydrogen-bond acceptors (Lipinski definition) is 4. The van der Waals surface area contributed by atoms with Gasteiger partial charge in [-0.3, -0.25) is 9.89 Å². The van der Waals surface area contributed by atoms with Crippen molar-refractivity contribution in [2.24, 2.45) is 17.6 Å². The molecule has 1 aromatic carbocycles. The molecular weight excluding hydrogens is 302 g/mol. The number of nitrogens with zero attached hydrogens (tertiary/aromatic N) is 2. The van der Waals surface area contributed by atoms with Gasteiger partial charge in [-0.15, -0.1) is 0 Å². The second-order valence-electron chi connectivity index (χ2n) is 6.92. The second kappa shape index (κ2) is 6.36. The Hall–Kier alpha value is -2.21. The van der Waals surface area contributed by atoms with Crippen LogP contribution in [-0.2, 0) is 4.79 Å². The average Bonchev–Trinajstić information content (AvgIpc) is 3.14. The second-order valence-corrected chi connectivity index (χ2v) is 6.92. The highest BCUT2D eigenvalue weighted by molar-refractivity contribution is 5.93. The van der Waals surface area contributed by atoms with Crippen molar-refractivity contribution in [1.29, 1.82) is 0 Å². The van der Waals surface area contributed by atoms with Gasteiger partial charge in [-0.1, -0.05) is 18.6 Å². The van der Waals surface area contributed by atoms with E-state index in [2.05, 4.69) is 20.5 Å². The summed E-state index contributed by atoms with van der Waals surface area (Å²) in [6, 6.07) is 7.73. The van der Waals surface area contributed by atoms with Gasteiger partial charge in [0.25, 0.3) is 0 Å². The van der Waals surface area contributed by atoms with Gasteiger partial charge in [0.2, 0.25) is 5.91 Å². The van der Waals surface area contributed by atoms with E-state index in [1.165, 1.54) is 12.8 Å². The zero-order valence-electron chi connectivity index (χ0n) is 13.7. The first kappa shape index (κ1) is 15.3. The van der Waals surface area contributed by atoms with Crippen molar-refractivity contribution in [2.45, 2.75) is 38.0 Å². The molecule has 2 aliphatic carbocycles. The number of benzene rings is 1. The van der Waals surface area contributed by atoms with Gasteiger partial charge >= 0.3 is 0 Å². The summed E-state index contributed by atoms with van der Waals surface area (Å²) >= 11 is 0. The van der Waals surface area contributed by atoms with Crippen molar-refractivity contribution in [3.8, 4) is 11.4 Å². The summed E-state index contributed by atoms with van der Waals surface area (Å²) in [5.41, 5.74) is 7.49. The molecular formula is C18H23N5O. The maximum atomic E-state index is 12.5. The Morgan fingerprint density at radius 1 is 1.29 bits per heavy atom. The standard InChI is InChI=1S/C18H23N5O/c19-10-13-4-2-6-15(13)18(24)20-14-5-1-3-12(9-14)17-21-16(22-23-17)11-7-8-11/h1,3,5,9,11,13,15H,2,4,6-8,10,19H2,(H,20,24)(H,21,22,23)/t13-,15-/m1/s1. The van der Waals surface area contributed by atoms with Crippen LogP contribution in [-0.4, -0.2) is 27.6 Å². The van der Waals surface area contributed by atoms with Gasteiger partial charge in [-0.05, 0) is 50.3 Å². The van der Waals surface area contributed by atoms with E-state index in [1.54, 1.807) is 0 Å². The molecule has 0 radical (unpaired) electrons. The lowest BCUT2D eigenvalue weighted by atomic mass is 9.95. The topological polar surface area (TPSA) is 96.7 Å².